The van der Waals surface area contributed by atoms with Gasteiger partial charge in [0.15, 0.2) is 0 Å². The van der Waals surface area contributed by atoms with Gasteiger partial charge in [0.2, 0.25) is 5.91 Å². The summed E-state index contributed by atoms with van der Waals surface area (Å²) in [6.07, 6.45) is 3.06. The van der Waals surface area contributed by atoms with Crippen molar-refractivity contribution >= 4 is 40.9 Å². The van der Waals surface area contributed by atoms with Crippen LogP contribution in [0.1, 0.15) is 11.3 Å². The van der Waals surface area contributed by atoms with Crippen LogP contribution in [-0.4, -0.2) is 37.1 Å². The summed E-state index contributed by atoms with van der Waals surface area (Å²) in [6.45, 7) is 4.34. The Hall–Kier alpha value is -2.57. The molecule has 0 bridgehead atoms. The minimum Gasteiger partial charge on any atom is -0.457 e. The van der Waals surface area contributed by atoms with Crippen LogP contribution in [0.15, 0.2) is 65.1 Å². The van der Waals surface area contributed by atoms with E-state index >= 15 is 0 Å². The lowest BCUT2D eigenvalue weighted by atomic mass is 10.2. The number of amides is 1. The van der Waals surface area contributed by atoms with Gasteiger partial charge >= 0.3 is 0 Å². The standard InChI is InChI=1S/C24H22Cl2N2O3/c25-19-13-18(14-20(26)15-19)23-7-5-22(31-23)6-8-24(29)27-21-3-1-17(2-4-21)16-28-9-11-30-12-10-28/h1-8,13-15H,9-12,16H2,(H,27,29)/b8-6+. The summed E-state index contributed by atoms with van der Waals surface area (Å²) < 4.78 is 11.1. The second kappa shape index (κ2) is 10.2. The molecule has 5 nitrogen and oxygen atoms in total. The summed E-state index contributed by atoms with van der Waals surface area (Å²) in [6, 6.07) is 16.7. The third-order valence-corrected chi connectivity index (χ3v) is 5.34. The van der Waals surface area contributed by atoms with Crippen molar-refractivity contribution in [2.24, 2.45) is 0 Å². The van der Waals surface area contributed by atoms with Gasteiger partial charge in [-0.15, -0.1) is 0 Å². The summed E-state index contributed by atoms with van der Waals surface area (Å²) in [4.78, 5) is 14.6. The van der Waals surface area contributed by atoms with Crippen molar-refractivity contribution in [3.8, 4) is 11.3 Å². The van der Waals surface area contributed by atoms with Crippen LogP contribution in [0.3, 0.4) is 0 Å². The fourth-order valence-corrected chi connectivity index (χ4v) is 3.87. The predicted molar refractivity (Wildman–Crippen MR) is 124 cm³/mol. The van der Waals surface area contributed by atoms with Crippen LogP contribution >= 0.6 is 23.2 Å². The lowest BCUT2D eigenvalue weighted by Crippen LogP contribution is -2.35. The van der Waals surface area contributed by atoms with Gasteiger partial charge in [0, 0.05) is 47.0 Å². The summed E-state index contributed by atoms with van der Waals surface area (Å²) in [7, 11) is 0. The molecular weight excluding hydrogens is 435 g/mol. The number of ether oxygens (including phenoxy) is 1. The normalized spacial score (nSPS) is 14.8. The number of benzene rings is 2. The van der Waals surface area contributed by atoms with Gasteiger partial charge in [0.1, 0.15) is 11.5 Å². The summed E-state index contributed by atoms with van der Waals surface area (Å²) in [5.41, 5.74) is 2.73. The Morgan fingerprint density at radius 2 is 1.71 bits per heavy atom. The Balaban J connectivity index is 1.33. The fourth-order valence-electron chi connectivity index (χ4n) is 3.35. The third-order valence-electron chi connectivity index (χ3n) is 4.90. The van der Waals surface area contributed by atoms with Crippen molar-refractivity contribution in [3.63, 3.8) is 0 Å². The number of rotatable bonds is 6. The molecule has 31 heavy (non-hydrogen) atoms. The van der Waals surface area contributed by atoms with Crippen LogP contribution in [0.25, 0.3) is 17.4 Å². The first kappa shape index (κ1) is 21.7. The zero-order chi connectivity index (χ0) is 21.6. The fraction of sp³-hybridized carbons (Fsp3) is 0.208. The van der Waals surface area contributed by atoms with Gasteiger partial charge in [-0.2, -0.15) is 0 Å². The molecule has 2 aromatic carbocycles. The van der Waals surface area contributed by atoms with E-state index in [9.17, 15) is 4.79 Å². The number of hydrogen-bond donors (Lipinski definition) is 1. The van der Waals surface area contributed by atoms with Gasteiger partial charge in [-0.3, -0.25) is 9.69 Å². The van der Waals surface area contributed by atoms with Crippen LogP contribution in [0.2, 0.25) is 10.0 Å². The van der Waals surface area contributed by atoms with E-state index in [0.29, 0.717) is 21.6 Å². The molecule has 7 heteroatoms. The molecule has 1 aromatic heterocycles. The Morgan fingerprint density at radius 3 is 2.42 bits per heavy atom. The average molecular weight is 457 g/mol. The molecule has 0 saturated carbocycles. The molecular formula is C24H22Cl2N2O3. The van der Waals surface area contributed by atoms with Gasteiger partial charge in [-0.1, -0.05) is 35.3 Å². The molecule has 3 aromatic rings. The quantitative estimate of drug-likeness (QED) is 0.480. The second-order valence-electron chi connectivity index (χ2n) is 7.27. The molecule has 1 amide bonds. The number of anilines is 1. The van der Waals surface area contributed by atoms with Crippen LogP contribution < -0.4 is 5.32 Å². The van der Waals surface area contributed by atoms with Crippen LogP contribution in [0, 0.1) is 0 Å². The van der Waals surface area contributed by atoms with Crippen molar-refractivity contribution < 1.29 is 13.9 Å². The lowest BCUT2D eigenvalue weighted by Gasteiger charge is -2.26. The number of nitrogens with zero attached hydrogens (tertiary/aromatic N) is 1. The third kappa shape index (κ3) is 6.21. The van der Waals surface area contributed by atoms with E-state index < -0.39 is 0 Å². The number of carbonyl (C=O) groups excluding carboxylic acids is 1. The van der Waals surface area contributed by atoms with Crippen LogP contribution in [-0.2, 0) is 16.1 Å². The topological polar surface area (TPSA) is 54.7 Å². The Kier molecular flexibility index (Phi) is 7.10. The first-order chi connectivity index (χ1) is 15.0. The summed E-state index contributed by atoms with van der Waals surface area (Å²) in [5.74, 6) is 0.951. The van der Waals surface area contributed by atoms with E-state index in [4.69, 9.17) is 32.4 Å². The van der Waals surface area contributed by atoms with Crippen molar-refractivity contribution in [2.75, 3.05) is 31.6 Å². The minimum atomic E-state index is -0.232. The monoisotopic (exact) mass is 456 g/mol. The Morgan fingerprint density at radius 1 is 1.00 bits per heavy atom. The molecule has 1 N–H and O–H groups in total. The van der Waals surface area contributed by atoms with Crippen molar-refractivity contribution in [1.29, 1.82) is 0 Å². The maximum Gasteiger partial charge on any atom is 0.248 e. The van der Waals surface area contributed by atoms with E-state index in [0.717, 1.165) is 44.1 Å². The number of carbonyl (C=O) groups is 1. The van der Waals surface area contributed by atoms with E-state index in [2.05, 4.69) is 10.2 Å². The second-order valence-corrected chi connectivity index (χ2v) is 8.14. The van der Waals surface area contributed by atoms with Gasteiger partial charge in [0.05, 0.1) is 13.2 Å². The molecule has 2 heterocycles. The van der Waals surface area contributed by atoms with Crippen molar-refractivity contribution in [3.05, 3.63) is 82.0 Å². The predicted octanol–water partition coefficient (Wildman–Crippen LogP) is 5.74. The smallest absolute Gasteiger partial charge is 0.248 e. The molecule has 4 rings (SSSR count). The summed E-state index contributed by atoms with van der Waals surface area (Å²) in [5, 5.41) is 3.93. The van der Waals surface area contributed by atoms with Crippen molar-refractivity contribution in [2.45, 2.75) is 6.54 Å². The Labute approximate surface area is 191 Å². The van der Waals surface area contributed by atoms with E-state index in [-0.39, 0.29) is 5.91 Å². The van der Waals surface area contributed by atoms with E-state index in [1.54, 1.807) is 30.3 Å². The van der Waals surface area contributed by atoms with Gasteiger partial charge < -0.3 is 14.5 Å². The first-order valence-electron chi connectivity index (χ1n) is 9.99. The maximum atomic E-state index is 12.3. The number of furan rings is 1. The number of nitrogens with one attached hydrogen (secondary N) is 1. The molecule has 0 spiro atoms. The highest BCUT2D eigenvalue weighted by atomic mass is 35.5. The molecule has 1 aliphatic rings. The van der Waals surface area contributed by atoms with Gasteiger partial charge in [0.25, 0.3) is 0 Å². The molecule has 0 aliphatic carbocycles. The molecule has 1 saturated heterocycles. The lowest BCUT2D eigenvalue weighted by molar-refractivity contribution is -0.111. The van der Waals surface area contributed by atoms with Crippen LogP contribution in [0.4, 0.5) is 5.69 Å². The maximum absolute atomic E-state index is 12.3. The number of morpholine rings is 1. The number of hydrogen-bond acceptors (Lipinski definition) is 4. The minimum absolute atomic E-state index is 0.232. The summed E-state index contributed by atoms with van der Waals surface area (Å²) >= 11 is 12.1. The zero-order valence-electron chi connectivity index (χ0n) is 16.8. The molecule has 0 radical (unpaired) electrons. The van der Waals surface area contributed by atoms with Crippen LogP contribution in [0.5, 0.6) is 0 Å². The molecule has 0 atom stereocenters. The zero-order valence-corrected chi connectivity index (χ0v) is 18.3. The van der Waals surface area contributed by atoms with E-state index in [1.165, 1.54) is 11.6 Å². The van der Waals surface area contributed by atoms with Gasteiger partial charge in [-0.25, -0.2) is 0 Å². The van der Waals surface area contributed by atoms with Gasteiger partial charge in [-0.05, 0) is 54.1 Å². The average Bonchev–Trinajstić information content (AvgIpc) is 3.23. The highest BCUT2D eigenvalue weighted by molar-refractivity contribution is 6.35. The molecule has 0 unspecified atom stereocenters. The molecule has 160 valence electrons. The first-order valence-corrected chi connectivity index (χ1v) is 10.8. The highest BCUT2D eigenvalue weighted by Crippen LogP contribution is 2.29. The van der Waals surface area contributed by atoms with Crippen molar-refractivity contribution in [1.82, 2.24) is 4.90 Å². The highest BCUT2D eigenvalue weighted by Gasteiger charge is 2.11. The Bertz CT molecular complexity index is 1050. The SMILES string of the molecule is O=C(/C=C/c1ccc(-c2cc(Cl)cc(Cl)c2)o1)Nc1ccc(CN2CCOCC2)cc1. The largest absolute Gasteiger partial charge is 0.457 e. The van der Waals surface area contributed by atoms with E-state index in [1.807, 2.05) is 30.3 Å². The number of halogens is 2. The molecule has 1 fully saturated rings. The molecule has 1 aliphatic heterocycles.